The number of benzene rings is 1. The van der Waals surface area contributed by atoms with Crippen molar-refractivity contribution in [3.05, 3.63) is 49.1 Å². The molecule has 0 aliphatic rings. The Labute approximate surface area is 110 Å². The molecule has 3 aromatic rings. The SMILES string of the molecule is CS(=O)(=O)c1cccc(-c2cnc3nccn3c2)c1. The molecule has 0 spiro atoms. The van der Waals surface area contributed by atoms with Crippen LogP contribution < -0.4 is 0 Å². The van der Waals surface area contributed by atoms with E-state index in [4.69, 9.17) is 0 Å². The van der Waals surface area contributed by atoms with Crippen LogP contribution >= 0.6 is 0 Å². The van der Waals surface area contributed by atoms with Crippen LogP contribution in [-0.4, -0.2) is 29.0 Å². The van der Waals surface area contributed by atoms with E-state index in [2.05, 4.69) is 9.97 Å². The molecule has 0 unspecified atom stereocenters. The van der Waals surface area contributed by atoms with E-state index in [0.717, 1.165) is 11.1 Å². The monoisotopic (exact) mass is 273 g/mol. The maximum Gasteiger partial charge on any atom is 0.233 e. The lowest BCUT2D eigenvalue weighted by Crippen LogP contribution is -1.97. The Morgan fingerprint density at radius 2 is 2.00 bits per heavy atom. The van der Waals surface area contributed by atoms with E-state index in [1.165, 1.54) is 6.26 Å². The second kappa shape index (κ2) is 4.17. The summed E-state index contributed by atoms with van der Waals surface area (Å²) in [4.78, 5) is 8.58. The molecular weight excluding hydrogens is 262 g/mol. The molecule has 6 heteroatoms. The van der Waals surface area contributed by atoms with Gasteiger partial charge in [-0.25, -0.2) is 18.4 Å². The highest BCUT2D eigenvalue weighted by Gasteiger charge is 2.09. The predicted molar refractivity (Wildman–Crippen MR) is 71.5 cm³/mol. The summed E-state index contributed by atoms with van der Waals surface area (Å²) >= 11 is 0. The molecule has 3 rings (SSSR count). The van der Waals surface area contributed by atoms with E-state index in [0.29, 0.717) is 10.7 Å². The number of rotatable bonds is 2. The van der Waals surface area contributed by atoms with Crippen LogP contribution in [0.2, 0.25) is 0 Å². The van der Waals surface area contributed by atoms with Gasteiger partial charge in [0.2, 0.25) is 5.78 Å². The summed E-state index contributed by atoms with van der Waals surface area (Å²) in [6, 6.07) is 6.81. The fraction of sp³-hybridized carbons (Fsp3) is 0.0769. The number of hydrogen-bond acceptors (Lipinski definition) is 4. The fourth-order valence-corrected chi connectivity index (χ4v) is 2.54. The van der Waals surface area contributed by atoms with E-state index >= 15 is 0 Å². The fourth-order valence-electron chi connectivity index (χ4n) is 1.87. The molecule has 5 nitrogen and oxygen atoms in total. The molecule has 19 heavy (non-hydrogen) atoms. The van der Waals surface area contributed by atoms with Gasteiger partial charge >= 0.3 is 0 Å². The summed E-state index contributed by atoms with van der Waals surface area (Å²) in [5, 5.41) is 0. The second-order valence-electron chi connectivity index (χ2n) is 4.28. The normalized spacial score (nSPS) is 11.8. The third-order valence-electron chi connectivity index (χ3n) is 2.84. The molecule has 96 valence electrons. The Bertz CT molecular complexity index is 853. The molecule has 0 radical (unpaired) electrons. The van der Waals surface area contributed by atoms with E-state index in [1.807, 2.05) is 12.3 Å². The van der Waals surface area contributed by atoms with Crippen LogP contribution in [0.25, 0.3) is 16.9 Å². The summed E-state index contributed by atoms with van der Waals surface area (Å²) in [5.74, 6) is 0.614. The Kier molecular flexibility index (Phi) is 2.60. The number of hydrogen-bond donors (Lipinski definition) is 0. The Morgan fingerprint density at radius 3 is 2.79 bits per heavy atom. The van der Waals surface area contributed by atoms with Crippen LogP contribution in [0.3, 0.4) is 0 Å². The van der Waals surface area contributed by atoms with Gasteiger partial charge in [-0.2, -0.15) is 0 Å². The van der Waals surface area contributed by atoms with E-state index < -0.39 is 9.84 Å². The molecule has 0 N–H and O–H groups in total. The van der Waals surface area contributed by atoms with Gasteiger partial charge < -0.3 is 0 Å². The number of sulfone groups is 1. The van der Waals surface area contributed by atoms with Crippen molar-refractivity contribution in [2.75, 3.05) is 6.26 Å². The first kappa shape index (κ1) is 11.9. The van der Waals surface area contributed by atoms with Gasteiger partial charge in [-0.15, -0.1) is 0 Å². The second-order valence-corrected chi connectivity index (χ2v) is 6.29. The molecule has 0 atom stereocenters. The summed E-state index contributed by atoms with van der Waals surface area (Å²) in [5.41, 5.74) is 1.65. The molecule has 2 heterocycles. The van der Waals surface area contributed by atoms with Crippen molar-refractivity contribution in [2.45, 2.75) is 4.90 Å². The molecule has 0 aliphatic carbocycles. The van der Waals surface area contributed by atoms with Crippen LogP contribution in [0.4, 0.5) is 0 Å². The van der Waals surface area contributed by atoms with Crippen molar-refractivity contribution >= 4 is 15.6 Å². The van der Waals surface area contributed by atoms with Crippen LogP contribution in [0.15, 0.2) is 53.9 Å². The molecule has 2 aromatic heterocycles. The maximum absolute atomic E-state index is 11.6. The highest BCUT2D eigenvalue weighted by molar-refractivity contribution is 7.90. The average molecular weight is 273 g/mol. The van der Waals surface area contributed by atoms with Crippen molar-refractivity contribution in [1.29, 1.82) is 0 Å². The van der Waals surface area contributed by atoms with Gasteiger partial charge in [0, 0.05) is 36.6 Å². The van der Waals surface area contributed by atoms with E-state index in [9.17, 15) is 8.42 Å². The highest BCUT2D eigenvalue weighted by atomic mass is 32.2. The molecule has 0 saturated heterocycles. The zero-order valence-corrected chi connectivity index (χ0v) is 11.0. The largest absolute Gasteiger partial charge is 0.291 e. The van der Waals surface area contributed by atoms with Gasteiger partial charge in [0.25, 0.3) is 0 Å². The minimum absolute atomic E-state index is 0.302. The molecule has 0 fully saturated rings. The van der Waals surface area contributed by atoms with Crippen LogP contribution in [0.1, 0.15) is 0 Å². The molecule has 0 aliphatic heterocycles. The van der Waals surface area contributed by atoms with Gasteiger partial charge in [0.1, 0.15) is 0 Å². The van der Waals surface area contributed by atoms with E-state index in [1.54, 1.807) is 41.2 Å². The first-order chi connectivity index (χ1) is 9.04. The summed E-state index contributed by atoms with van der Waals surface area (Å²) in [6.07, 6.45) is 8.22. The van der Waals surface area contributed by atoms with Crippen molar-refractivity contribution in [2.24, 2.45) is 0 Å². The summed E-state index contributed by atoms with van der Waals surface area (Å²) in [6.45, 7) is 0. The van der Waals surface area contributed by atoms with Gasteiger partial charge in [-0.1, -0.05) is 12.1 Å². The van der Waals surface area contributed by atoms with Crippen LogP contribution in [0.5, 0.6) is 0 Å². The number of nitrogens with zero attached hydrogens (tertiary/aromatic N) is 3. The zero-order chi connectivity index (χ0) is 13.5. The Morgan fingerprint density at radius 1 is 1.16 bits per heavy atom. The minimum Gasteiger partial charge on any atom is -0.291 e. The molecule has 0 saturated carbocycles. The molecule has 0 amide bonds. The van der Waals surface area contributed by atoms with Gasteiger partial charge in [-0.3, -0.25) is 4.40 Å². The summed E-state index contributed by atoms with van der Waals surface area (Å²) < 4.78 is 24.9. The molecule has 1 aromatic carbocycles. The van der Waals surface area contributed by atoms with Crippen molar-refractivity contribution in [3.63, 3.8) is 0 Å². The number of fused-ring (bicyclic) bond motifs is 1. The molecule has 0 bridgehead atoms. The number of aromatic nitrogens is 3. The Hall–Kier alpha value is -2.21. The minimum atomic E-state index is -3.20. The summed E-state index contributed by atoms with van der Waals surface area (Å²) in [7, 11) is -3.20. The van der Waals surface area contributed by atoms with Crippen LogP contribution in [0, 0.1) is 0 Å². The van der Waals surface area contributed by atoms with Crippen LogP contribution in [-0.2, 0) is 9.84 Å². The third-order valence-corrected chi connectivity index (χ3v) is 3.95. The lowest BCUT2D eigenvalue weighted by Gasteiger charge is -2.04. The van der Waals surface area contributed by atoms with Gasteiger partial charge in [0.05, 0.1) is 4.90 Å². The third kappa shape index (κ3) is 2.22. The first-order valence-corrected chi connectivity index (χ1v) is 7.52. The van der Waals surface area contributed by atoms with Crippen molar-refractivity contribution in [1.82, 2.24) is 14.4 Å². The van der Waals surface area contributed by atoms with Crippen molar-refractivity contribution in [3.8, 4) is 11.1 Å². The van der Waals surface area contributed by atoms with Gasteiger partial charge in [-0.05, 0) is 17.7 Å². The lowest BCUT2D eigenvalue weighted by atomic mass is 10.1. The lowest BCUT2D eigenvalue weighted by molar-refractivity contribution is 0.602. The quantitative estimate of drug-likeness (QED) is 0.714. The Balaban J connectivity index is 2.15. The predicted octanol–water partition coefficient (Wildman–Crippen LogP) is 1.80. The molecular formula is C13H11N3O2S. The first-order valence-electron chi connectivity index (χ1n) is 5.63. The van der Waals surface area contributed by atoms with Gasteiger partial charge in [0.15, 0.2) is 9.84 Å². The average Bonchev–Trinajstić information content (AvgIpc) is 2.85. The maximum atomic E-state index is 11.6. The van der Waals surface area contributed by atoms with Crippen molar-refractivity contribution < 1.29 is 8.42 Å². The standard InChI is InChI=1S/C13H11N3O2S/c1-19(17,18)12-4-2-3-10(7-12)11-8-15-13-14-5-6-16(13)9-11/h2-9H,1H3. The number of imidazole rings is 1. The highest BCUT2D eigenvalue weighted by Crippen LogP contribution is 2.21. The topological polar surface area (TPSA) is 64.3 Å². The van der Waals surface area contributed by atoms with E-state index in [-0.39, 0.29) is 0 Å². The smallest absolute Gasteiger partial charge is 0.233 e. The zero-order valence-electron chi connectivity index (χ0n) is 10.2.